The third-order valence-electron chi connectivity index (χ3n) is 14.6. The van der Waals surface area contributed by atoms with Gasteiger partial charge in [0.1, 0.15) is 17.3 Å². The number of anilines is 2. The maximum absolute atomic E-state index is 6.94. The molecule has 0 saturated carbocycles. The van der Waals surface area contributed by atoms with Crippen molar-refractivity contribution in [1.82, 2.24) is 9.55 Å². The summed E-state index contributed by atoms with van der Waals surface area (Å²) in [6.45, 7) is 16.8. The van der Waals surface area contributed by atoms with Gasteiger partial charge < -0.3 is 14.5 Å². The van der Waals surface area contributed by atoms with Gasteiger partial charge in [-0.2, -0.15) is 0 Å². The molecule has 0 saturated heterocycles. The first-order valence-corrected chi connectivity index (χ1v) is 24.8. The molecule has 2 aromatic heterocycles. The molecule has 5 heteroatoms. The number of rotatable bonds is 11. The molecule has 350 valence electrons. The lowest BCUT2D eigenvalue weighted by molar-refractivity contribution is 0.483. The van der Waals surface area contributed by atoms with Crippen LogP contribution in [0.15, 0.2) is 230 Å². The first-order valence-electron chi connectivity index (χ1n) is 24.8. The minimum atomic E-state index is -0.322. The van der Waals surface area contributed by atoms with Crippen LogP contribution in [0.1, 0.15) is 70.7 Å². The Bertz CT molecular complexity index is 3570. The van der Waals surface area contributed by atoms with Gasteiger partial charge in [-0.05, 0) is 111 Å². The van der Waals surface area contributed by atoms with Crippen molar-refractivity contribution in [3.8, 4) is 39.6 Å². The number of hydrogen-bond donors (Lipinski definition) is 0. The van der Waals surface area contributed by atoms with Gasteiger partial charge in [0.2, 0.25) is 0 Å². The van der Waals surface area contributed by atoms with Crippen LogP contribution < -0.4 is 14.5 Å². The van der Waals surface area contributed by atoms with Gasteiger partial charge in [-0.1, -0.05) is 188 Å². The molecule has 1 aliphatic heterocycles. The Morgan fingerprint density at radius 2 is 1.06 bits per heavy atom. The van der Waals surface area contributed by atoms with E-state index in [9.17, 15) is 0 Å². The molecule has 0 radical (unpaired) electrons. The maximum atomic E-state index is 6.94. The number of benzene rings is 8. The SMILES string of the molecule is CC(C)(C)c1cc(-c2ccccc2)cc(N2C=C(C(C)(C)c3ccccc3)N(c3cccc(Oc4ccc5c6cc(-c7ccccc7)ccc6n(-c6cc(C(C)(C)c7ccccc7)ccn6)c5c4)c3)C2)c1. The molecule has 71 heavy (non-hydrogen) atoms. The molecule has 1 aliphatic rings. The molecule has 0 bridgehead atoms. The van der Waals surface area contributed by atoms with Crippen LogP contribution in [-0.4, -0.2) is 16.2 Å². The number of nitrogens with zero attached hydrogens (tertiary/aromatic N) is 4. The van der Waals surface area contributed by atoms with Gasteiger partial charge in [-0.15, -0.1) is 0 Å². The molecule has 0 spiro atoms. The molecule has 3 heterocycles. The smallest absolute Gasteiger partial charge is 0.137 e. The van der Waals surface area contributed by atoms with E-state index in [4.69, 9.17) is 9.72 Å². The summed E-state index contributed by atoms with van der Waals surface area (Å²) in [7, 11) is 0. The Labute approximate surface area is 419 Å². The molecule has 8 aromatic carbocycles. The van der Waals surface area contributed by atoms with Gasteiger partial charge in [0.25, 0.3) is 0 Å². The number of pyridine rings is 1. The van der Waals surface area contributed by atoms with Crippen LogP contribution in [0.25, 0.3) is 49.9 Å². The van der Waals surface area contributed by atoms with Crippen molar-refractivity contribution in [2.45, 2.75) is 64.7 Å². The molecule has 5 nitrogen and oxygen atoms in total. The average molecular weight is 925 g/mol. The van der Waals surface area contributed by atoms with Crippen LogP contribution in [0, 0.1) is 0 Å². The fourth-order valence-corrected chi connectivity index (χ4v) is 10.3. The second-order valence-corrected chi connectivity index (χ2v) is 21.0. The lowest BCUT2D eigenvalue weighted by Crippen LogP contribution is -2.33. The van der Waals surface area contributed by atoms with E-state index in [1.54, 1.807) is 0 Å². The van der Waals surface area contributed by atoms with Crippen LogP contribution in [0.4, 0.5) is 11.4 Å². The number of hydrogen-bond acceptors (Lipinski definition) is 4. The summed E-state index contributed by atoms with van der Waals surface area (Å²) in [4.78, 5) is 9.92. The summed E-state index contributed by atoms with van der Waals surface area (Å²) < 4.78 is 9.24. The third kappa shape index (κ3) is 8.67. The van der Waals surface area contributed by atoms with Gasteiger partial charge in [-0.3, -0.25) is 4.57 Å². The minimum Gasteiger partial charge on any atom is -0.457 e. The molecular formula is C66H60N4O. The quantitative estimate of drug-likeness (QED) is 0.129. The molecule has 11 rings (SSSR count). The van der Waals surface area contributed by atoms with Gasteiger partial charge >= 0.3 is 0 Å². The molecule has 0 amide bonds. The highest BCUT2D eigenvalue weighted by Gasteiger charge is 2.36. The zero-order valence-corrected chi connectivity index (χ0v) is 41.8. The Morgan fingerprint density at radius 3 is 1.73 bits per heavy atom. The Balaban J connectivity index is 0.990. The van der Waals surface area contributed by atoms with E-state index < -0.39 is 0 Å². The lowest BCUT2D eigenvalue weighted by Gasteiger charge is -2.34. The van der Waals surface area contributed by atoms with Crippen molar-refractivity contribution in [2.24, 2.45) is 0 Å². The largest absolute Gasteiger partial charge is 0.457 e. The van der Waals surface area contributed by atoms with E-state index in [-0.39, 0.29) is 16.2 Å². The highest BCUT2D eigenvalue weighted by molar-refractivity contribution is 6.10. The molecule has 0 atom stereocenters. The van der Waals surface area contributed by atoms with Crippen molar-refractivity contribution < 1.29 is 4.74 Å². The first kappa shape index (κ1) is 45.3. The van der Waals surface area contributed by atoms with Crippen LogP contribution in [0.2, 0.25) is 0 Å². The highest BCUT2D eigenvalue weighted by atomic mass is 16.5. The monoisotopic (exact) mass is 924 g/mol. The average Bonchev–Trinajstić information content (AvgIpc) is 4.00. The topological polar surface area (TPSA) is 33.5 Å². The zero-order valence-electron chi connectivity index (χ0n) is 41.8. The normalized spacial score (nSPS) is 13.3. The fourth-order valence-electron chi connectivity index (χ4n) is 10.3. The van der Waals surface area contributed by atoms with E-state index in [0.717, 1.165) is 50.5 Å². The van der Waals surface area contributed by atoms with E-state index in [2.05, 4.69) is 281 Å². The number of ether oxygens (including phenoxy) is 1. The molecule has 0 fully saturated rings. The van der Waals surface area contributed by atoms with Crippen LogP contribution >= 0.6 is 0 Å². The number of fused-ring (bicyclic) bond motifs is 3. The molecule has 0 aliphatic carbocycles. The third-order valence-corrected chi connectivity index (χ3v) is 14.6. The van der Waals surface area contributed by atoms with Gasteiger partial charge in [0, 0.05) is 63.2 Å². The summed E-state index contributed by atoms with van der Waals surface area (Å²) in [6.07, 6.45) is 4.30. The Morgan fingerprint density at radius 1 is 0.423 bits per heavy atom. The lowest BCUT2D eigenvalue weighted by atomic mass is 9.78. The first-order chi connectivity index (χ1) is 34.3. The van der Waals surface area contributed by atoms with E-state index in [1.165, 1.54) is 50.2 Å². The second kappa shape index (κ2) is 18.0. The summed E-state index contributed by atoms with van der Waals surface area (Å²) in [6, 6.07) is 76.2. The van der Waals surface area contributed by atoms with Gasteiger partial charge in [0.15, 0.2) is 0 Å². The summed E-state index contributed by atoms with van der Waals surface area (Å²) in [5.41, 5.74) is 14.7. The molecule has 10 aromatic rings. The summed E-state index contributed by atoms with van der Waals surface area (Å²) >= 11 is 0. The van der Waals surface area contributed by atoms with Crippen molar-refractivity contribution in [1.29, 1.82) is 0 Å². The minimum absolute atomic E-state index is 0.0389. The van der Waals surface area contributed by atoms with Gasteiger partial charge in [0.05, 0.1) is 17.7 Å². The summed E-state index contributed by atoms with van der Waals surface area (Å²) in [5.74, 6) is 2.37. The van der Waals surface area contributed by atoms with E-state index in [0.29, 0.717) is 6.67 Å². The van der Waals surface area contributed by atoms with Crippen LogP contribution in [0.3, 0.4) is 0 Å². The number of aromatic nitrogens is 2. The van der Waals surface area contributed by atoms with Crippen molar-refractivity contribution >= 4 is 33.2 Å². The van der Waals surface area contributed by atoms with Gasteiger partial charge in [-0.25, -0.2) is 4.98 Å². The Hall–Kier alpha value is -8.15. The zero-order chi connectivity index (χ0) is 48.9. The van der Waals surface area contributed by atoms with Crippen molar-refractivity contribution in [3.63, 3.8) is 0 Å². The summed E-state index contributed by atoms with van der Waals surface area (Å²) in [5, 5.41) is 2.29. The standard InChI is InChI=1S/C66H60N4O/c1-64(2,3)53-37-49(47-23-14-9-15-24-47)38-55(40-53)68-44-62(66(6,7)51-27-18-11-19-28-51)69(45-68)54-29-20-30-56(42-54)71-57-32-33-58-59-39-48(46-21-12-8-13-22-46)31-34-60(59)70(61(58)43-57)63-41-52(35-36-67-63)65(4,5)50-25-16-10-17-26-50/h8-44H,45H2,1-7H3. The van der Waals surface area contributed by atoms with Crippen LogP contribution in [0.5, 0.6) is 11.5 Å². The van der Waals surface area contributed by atoms with Crippen LogP contribution in [-0.2, 0) is 16.2 Å². The molecule has 0 unspecified atom stereocenters. The molecular weight excluding hydrogens is 865 g/mol. The Kier molecular flexibility index (Phi) is 11.5. The second-order valence-electron chi connectivity index (χ2n) is 21.0. The van der Waals surface area contributed by atoms with Crippen molar-refractivity contribution in [2.75, 3.05) is 16.5 Å². The predicted molar refractivity (Wildman–Crippen MR) is 297 cm³/mol. The predicted octanol–water partition coefficient (Wildman–Crippen LogP) is 17.0. The highest BCUT2D eigenvalue weighted by Crippen LogP contribution is 2.44. The number of allylic oxidation sites excluding steroid dienone is 1. The van der Waals surface area contributed by atoms with Crippen molar-refractivity contribution in [3.05, 3.63) is 253 Å². The van der Waals surface area contributed by atoms with E-state index >= 15 is 0 Å². The van der Waals surface area contributed by atoms with E-state index in [1.807, 2.05) is 6.20 Å². The maximum Gasteiger partial charge on any atom is 0.137 e. The molecule has 0 N–H and O–H groups in total. The fraction of sp³-hybridized carbons (Fsp3) is 0.167.